The van der Waals surface area contributed by atoms with Crippen molar-refractivity contribution in [2.45, 2.75) is 12.5 Å². The van der Waals surface area contributed by atoms with Gasteiger partial charge in [-0.1, -0.05) is 18.2 Å². The first-order chi connectivity index (χ1) is 7.66. The van der Waals surface area contributed by atoms with Crippen LogP contribution in [0.3, 0.4) is 0 Å². The van der Waals surface area contributed by atoms with Crippen LogP contribution in [0.1, 0.15) is 5.56 Å². The molecule has 0 saturated heterocycles. The van der Waals surface area contributed by atoms with Gasteiger partial charge in [0.15, 0.2) is 11.9 Å². The molecule has 1 aromatic carbocycles. The molecule has 0 aliphatic carbocycles. The van der Waals surface area contributed by atoms with Crippen molar-refractivity contribution in [3.63, 3.8) is 0 Å². The van der Waals surface area contributed by atoms with Gasteiger partial charge in [-0.3, -0.25) is 4.79 Å². The van der Waals surface area contributed by atoms with Crippen LogP contribution in [0.25, 0.3) is 0 Å². The van der Waals surface area contributed by atoms with Gasteiger partial charge in [-0.25, -0.2) is 4.79 Å². The van der Waals surface area contributed by atoms with E-state index in [1.54, 1.807) is 6.07 Å². The average Bonchev–Trinajstić information content (AvgIpc) is 2.26. The van der Waals surface area contributed by atoms with Gasteiger partial charge in [0, 0.05) is 18.1 Å². The Morgan fingerprint density at radius 3 is 2.94 bits per heavy atom. The molecule has 0 saturated carbocycles. The van der Waals surface area contributed by atoms with E-state index >= 15 is 0 Å². The first-order valence-corrected chi connectivity index (χ1v) is 4.85. The van der Waals surface area contributed by atoms with Gasteiger partial charge in [0.2, 0.25) is 0 Å². The summed E-state index contributed by atoms with van der Waals surface area (Å²) in [6, 6.07) is 7.24. The summed E-state index contributed by atoms with van der Waals surface area (Å²) in [6.07, 6.45) is 1.69. The zero-order chi connectivity index (χ0) is 11.5. The zero-order valence-corrected chi connectivity index (χ0v) is 8.42. The molecule has 0 radical (unpaired) electrons. The number of Topliss-reactive ketones (excluding diaryl/α,β-unsaturated/α-hetero) is 1. The van der Waals surface area contributed by atoms with E-state index in [0.29, 0.717) is 5.75 Å². The molecule has 0 aromatic heterocycles. The highest BCUT2D eigenvalue weighted by molar-refractivity contribution is 5.90. The van der Waals surface area contributed by atoms with Crippen LogP contribution in [0.5, 0.6) is 5.75 Å². The number of carbonyl (C=O) groups is 2. The number of fused-ring (bicyclic) bond motifs is 1. The van der Waals surface area contributed by atoms with Gasteiger partial charge in [-0.05, 0) is 12.1 Å². The van der Waals surface area contributed by atoms with Crippen LogP contribution in [-0.2, 0) is 16.0 Å². The summed E-state index contributed by atoms with van der Waals surface area (Å²) >= 11 is 0. The monoisotopic (exact) mass is 218 g/mol. The standard InChI is InChI=1S/C12H10O4/c13-9-7-8-3-1-2-4-10(8)16-11(9)5-6-12(14)15/h1-6,11H,7H2,(H,14,15). The third-order valence-corrected chi connectivity index (χ3v) is 2.32. The predicted octanol–water partition coefficient (Wildman–Crippen LogP) is 1.20. The maximum absolute atomic E-state index is 11.6. The predicted molar refractivity (Wildman–Crippen MR) is 56.3 cm³/mol. The topological polar surface area (TPSA) is 63.6 Å². The van der Waals surface area contributed by atoms with Gasteiger partial charge in [0.1, 0.15) is 5.75 Å². The molecule has 2 rings (SSSR count). The number of benzene rings is 1. The second kappa shape index (κ2) is 4.18. The van der Waals surface area contributed by atoms with Crippen molar-refractivity contribution >= 4 is 11.8 Å². The van der Waals surface area contributed by atoms with Crippen molar-refractivity contribution in [3.8, 4) is 5.75 Å². The number of carboxylic acid groups (broad SMARTS) is 1. The van der Waals surface area contributed by atoms with Gasteiger partial charge in [0.05, 0.1) is 0 Å². The summed E-state index contributed by atoms with van der Waals surface area (Å²) in [6.45, 7) is 0. The van der Waals surface area contributed by atoms with E-state index < -0.39 is 12.1 Å². The number of carbonyl (C=O) groups excluding carboxylic acids is 1. The summed E-state index contributed by atoms with van der Waals surface area (Å²) in [5.41, 5.74) is 0.840. The maximum Gasteiger partial charge on any atom is 0.328 e. The van der Waals surface area contributed by atoms with Crippen LogP contribution in [-0.4, -0.2) is 23.0 Å². The second-order valence-corrected chi connectivity index (χ2v) is 3.49. The van der Waals surface area contributed by atoms with Gasteiger partial charge >= 0.3 is 5.97 Å². The number of carboxylic acids is 1. The molecule has 1 aromatic rings. The van der Waals surface area contributed by atoms with E-state index in [2.05, 4.69) is 0 Å². The molecule has 0 bridgehead atoms. The number of para-hydroxylation sites is 1. The molecule has 0 fully saturated rings. The van der Waals surface area contributed by atoms with Crippen molar-refractivity contribution in [1.82, 2.24) is 0 Å². The molecule has 1 atom stereocenters. The van der Waals surface area contributed by atoms with Crippen molar-refractivity contribution in [1.29, 1.82) is 0 Å². The highest BCUT2D eigenvalue weighted by Crippen LogP contribution is 2.25. The lowest BCUT2D eigenvalue weighted by Gasteiger charge is -2.22. The second-order valence-electron chi connectivity index (χ2n) is 3.49. The molecule has 4 nitrogen and oxygen atoms in total. The third kappa shape index (κ3) is 2.11. The summed E-state index contributed by atoms with van der Waals surface area (Å²) in [5, 5.41) is 8.47. The maximum atomic E-state index is 11.6. The lowest BCUT2D eigenvalue weighted by Crippen LogP contribution is -2.31. The number of ether oxygens (including phenoxy) is 1. The van der Waals surface area contributed by atoms with E-state index in [-0.39, 0.29) is 12.2 Å². The Balaban J connectivity index is 2.21. The van der Waals surface area contributed by atoms with E-state index in [9.17, 15) is 9.59 Å². The average molecular weight is 218 g/mol. The number of ketones is 1. The molecular weight excluding hydrogens is 208 g/mol. The number of aliphatic carboxylic acids is 1. The fraction of sp³-hybridized carbons (Fsp3) is 0.167. The van der Waals surface area contributed by atoms with E-state index in [1.165, 1.54) is 6.08 Å². The largest absolute Gasteiger partial charge is 0.478 e. The van der Waals surface area contributed by atoms with Gasteiger partial charge in [-0.15, -0.1) is 0 Å². The Kier molecular flexibility index (Phi) is 2.72. The van der Waals surface area contributed by atoms with Crippen LogP contribution in [0.15, 0.2) is 36.4 Å². The highest BCUT2D eigenvalue weighted by atomic mass is 16.5. The van der Waals surface area contributed by atoms with E-state index in [0.717, 1.165) is 11.6 Å². The number of hydrogen-bond donors (Lipinski definition) is 1. The summed E-state index contributed by atoms with van der Waals surface area (Å²) in [5.74, 6) is -0.575. The minimum atomic E-state index is -1.09. The normalized spacial score (nSPS) is 19.2. The summed E-state index contributed by atoms with van der Waals surface area (Å²) < 4.78 is 5.39. The van der Waals surface area contributed by atoms with Crippen LogP contribution >= 0.6 is 0 Å². The quantitative estimate of drug-likeness (QED) is 0.757. The molecule has 1 heterocycles. The van der Waals surface area contributed by atoms with Crippen LogP contribution in [0, 0.1) is 0 Å². The Morgan fingerprint density at radius 2 is 2.19 bits per heavy atom. The minimum Gasteiger partial charge on any atom is -0.478 e. The Bertz CT molecular complexity index is 462. The van der Waals surface area contributed by atoms with Crippen molar-refractivity contribution in [3.05, 3.63) is 42.0 Å². The third-order valence-electron chi connectivity index (χ3n) is 2.32. The van der Waals surface area contributed by atoms with E-state index in [4.69, 9.17) is 9.84 Å². The molecule has 1 aliphatic heterocycles. The van der Waals surface area contributed by atoms with Crippen LogP contribution in [0.2, 0.25) is 0 Å². The molecule has 4 heteroatoms. The Labute approximate surface area is 92.2 Å². The van der Waals surface area contributed by atoms with Gasteiger partial charge < -0.3 is 9.84 Å². The molecule has 1 N–H and O–H groups in total. The Morgan fingerprint density at radius 1 is 1.44 bits per heavy atom. The lowest BCUT2D eigenvalue weighted by atomic mass is 10.0. The highest BCUT2D eigenvalue weighted by Gasteiger charge is 2.25. The summed E-state index contributed by atoms with van der Waals surface area (Å²) in [7, 11) is 0. The minimum absolute atomic E-state index is 0.129. The molecular formula is C12H10O4. The molecule has 0 amide bonds. The van der Waals surface area contributed by atoms with Crippen LogP contribution in [0.4, 0.5) is 0 Å². The zero-order valence-electron chi connectivity index (χ0n) is 8.42. The first-order valence-electron chi connectivity index (χ1n) is 4.85. The summed E-state index contributed by atoms with van der Waals surface area (Å²) in [4.78, 5) is 21.9. The van der Waals surface area contributed by atoms with Crippen LogP contribution < -0.4 is 4.74 Å². The number of hydrogen-bond acceptors (Lipinski definition) is 3. The molecule has 82 valence electrons. The van der Waals surface area contributed by atoms with Crippen molar-refractivity contribution in [2.75, 3.05) is 0 Å². The molecule has 0 spiro atoms. The molecule has 1 unspecified atom stereocenters. The first kappa shape index (κ1) is 10.4. The fourth-order valence-corrected chi connectivity index (χ4v) is 1.57. The fourth-order valence-electron chi connectivity index (χ4n) is 1.57. The van der Waals surface area contributed by atoms with E-state index in [1.807, 2.05) is 18.2 Å². The SMILES string of the molecule is O=C(O)C=CC1Oc2ccccc2CC1=O. The van der Waals surface area contributed by atoms with Crippen molar-refractivity contribution < 1.29 is 19.4 Å². The van der Waals surface area contributed by atoms with Gasteiger partial charge in [0.25, 0.3) is 0 Å². The van der Waals surface area contributed by atoms with Crippen molar-refractivity contribution in [2.24, 2.45) is 0 Å². The smallest absolute Gasteiger partial charge is 0.328 e. The lowest BCUT2D eigenvalue weighted by molar-refractivity contribution is -0.131. The number of rotatable bonds is 2. The molecule has 1 aliphatic rings. The molecule has 16 heavy (non-hydrogen) atoms. The Hall–Kier alpha value is -2.10. The van der Waals surface area contributed by atoms with Gasteiger partial charge in [-0.2, -0.15) is 0 Å².